The lowest BCUT2D eigenvalue weighted by atomic mass is 10.1. The number of nitrogens with zero attached hydrogens (tertiary/aromatic N) is 1. The molecule has 1 N–H and O–H groups in total. The minimum Gasteiger partial charge on any atom is -0.355 e. The summed E-state index contributed by atoms with van der Waals surface area (Å²) in [6, 6.07) is 7.82. The van der Waals surface area contributed by atoms with Gasteiger partial charge >= 0.3 is 0 Å². The molecule has 0 amide bonds. The number of hydrogen-bond donors (Lipinski definition) is 1. The minimum absolute atomic E-state index is 0.467. The van der Waals surface area contributed by atoms with Gasteiger partial charge in [-0.05, 0) is 18.6 Å². The van der Waals surface area contributed by atoms with E-state index < -0.39 is 4.92 Å². The van der Waals surface area contributed by atoms with Crippen LogP contribution < -0.4 is 0 Å². The van der Waals surface area contributed by atoms with Crippen LogP contribution in [0.2, 0.25) is 0 Å². The van der Waals surface area contributed by atoms with Crippen molar-refractivity contribution in [3.05, 3.63) is 51.8 Å². The van der Waals surface area contributed by atoms with Gasteiger partial charge in [-0.25, -0.2) is 0 Å². The lowest BCUT2D eigenvalue weighted by Crippen LogP contribution is -1.83. The van der Waals surface area contributed by atoms with Crippen LogP contribution in [-0.2, 0) is 0 Å². The topological polar surface area (TPSA) is 58.9 Å². The van der Waals surface area contributed by atoms with Gasteiger partial charge in [-0.15, -0.1) is 0 Å². The fourth-order valence-electron chi connectivity index (χ4n) is 1.61. The van der Waals surface area contributed by atoms with Crippen LogP contribution in [0.3, 0.4) is 0 Å². The largest absolute Gasteiger partial charge is 0.355 e. The maximum absolute atomic E-state index is 10.2. The zero-order chi connectivity index (χ0) is 10.8. The molecule has 4 heteroatoms. The molecule has 0 aliphatic rings. The summed E-state index contributed by atoms with van der Waals surface area (Å²) in [5.41, 5.74) is 2.81. The molecule has 15 heavy (non-hydrogen) atoms. The number of aromatic amines is 1. The maximum Gasteiger partial charge on any atom is 0.236 e. The van der Waals surface area contributed by atoms with Gasteiger partial charge in [-0.3, -0.25) is 10.1 Å². The highest BCUT2D eigenvalue weighted by molar-refractivity contribution is 5.86. The molecular formula is C11H10N2O2. The molecule has 2 rings (SSSR count). The first-order valence-corrected chi connectivity index (χ1v) is 4.57. The van der Waals surface area contributed by atoms with Crippen molar-refractivity contribution in [2.45, 2.75) is 6.92 Å². The van der Waals surface area contributed by atoms with E-state index in [4.69, 9.17) is 0 Å². The third-order valence-electron chi connectivity index (χ3n) is 2.37. The van der Waals surface area contributed by atoms with E-state index in [9.17, 15) is 10.1 Å². The van der Waals surface area contributed by atoms with E-state index >= 15 is 0 Å². The van der Waals surface area contributed by atoms with Crippen LogP contribution >= 0.6 is 0 Å². The number of nitrogens with one attached hydrogen (secondary N) is 1. The van der Waals surface area contributed by atoms with Crippen molar-refractivity contribution in [3.8, 4) is 0 Å². The van der Waals surface area contributed by atoms with Crippen molar-refractivity contribution < 1.29 is 4.92 Å². The average Bonchev–Trinajstić information content (AvgIpc) is 2.54. The monoisotopic (exact) mass is 202 g/mol. The second-order valence-electron chi connectivity index (χ2n) is 3.31. The Balaban J connectivity index is 2.53. The summed E-state index contributed by atoms with van der Waals surface area (Å²) in [6.07, 6.45) is 2.42. The van der Waals surface area contributed by atoms with Gasteiger partial charge in [-0.2, -0.15) is 0 Å². The molecule has 4 nitrogen and oxygen atoms in total. The highest BCUT2D eigenvalue weighted by Gasteiger charge is 2.04. The Labute approximate surface area is 86.4 Å². The minimum atomic E-state index is -0.467. The number of nitro groups is 1. The van der Waals surface area contributed by atoms with Crippen LogP contribution in [0.4, 0.5) is 0 Å². The summed E-state index contributed by atoms with van der Waals surface area (Å²) in [5, 5.41) is 11.3. The maximum atomic E-state index is 10.2. The first-order valence-electron chi connectivity index (χ1n) is 4.57. The molecule has 0 atom stereocenters. The van der Waals surface area contributed by atoms with Gasteiger partial charge in [0.25, 0.3) is 0 Å². The fourth-order valence-corrected chi connectivity index (χ4v) is 1.61. The Hall–Kier alpha value is -2.10. The van der Waals surface area contributed by atoms with Crippen molar-refractivity contribution in [2.24, 2.45) is 0 Å². The number of aryl methyl sites for hydroxylation is 1. The first-order chi connectivity index (χ1) is 7.18. The van der Waals surface area contributed by atoms with E-state index in [1.807, 2.05) is 31.2 Å². The fraction of sp³-hybridized carbons (Fsp3) is 0.0909. The molecule has 0 radical (unpaired) electrons. The Morgan fingerprint density at radius 2 is 2.13 bits per heavy atom. The SMILES string of the molecule is Cc1c(/C=C/[N+](=O)[O-])[nH]c2ccccc12. The molecule has 0 aliphatic carbocycles. The summed E-state index contributed by atoms with van der Waals surface area (Å²) in [4.78, 5) is 12.9. The molecule has 0 bridgehead atoms. The second-order valence-corrected chi connectivity index (χ2v) is 3.31. The van der Waals surface area contributed by atoms with Crippen molar-refractivity contribution in [3.63, 3.8) is 0 Å². The molecule has 76 valence electrons. The summed E-state index contributed by atoms with van der Waals surface area (Å²) in [5.74, 6) is 0. The molecule has 1 heterocycles. The molecule has 0 saturated carbocycles. The van der Waals surface area contributed by atoms with E-state index in [2.05, 4.69) is 4.98 Å². The third kappa shape index (κ3) is 1.74. The lowest BCUT2D eigenvalue weighted by molar-refractivity contribution is -0.401. The van der Waals surface area contributed by atoms with Crippen LogP contribution in [0.25, 0.3) is 17.0 Å². The number of benzene rings is 1. The van der Waals surface area contributed by atoms with E-state index in [1.54, 1.807) is 0 Å². The van der Waals surface area contributed by atoms with Crippen molar-refractivity contribution in [1.82, 2.24) is 4.98 Å². The van der Waals surface area contributed by atoms with Crippen LogP contribution in [0, 0.1) is 17.0 Å². The molecule has 0 fully saturated rings. The number of fused-ring (bicyclic) bond motifs is 1. The summed E-state index contributed by atoms with van der Waals surface area (Å²) >= 11 is 0. The standard InChI is InChI=1S/C11H10N2O2/c1-8-9-4-2-3-5-11(9)12-10(8)6-7-13(14)15/h2-7,12H,1H3/b7-6+. The molecular weight excluding hydrogens is 192 g/mol. The van der Waals surface area contributed by atoms with Gasteiger partial charge in [0.1, 0.15) is 0 Å². The van der Waals surface area contributed by atoms with Gasteiger partial charge in [-0.1, -0.05) is 18.2 Å². The molecule has 1 aromatic heterocycles. The summed E-state index contributed by atoms with van der Waals surface area (Å²) in [6.45, 7) is 1.94. The molecule has 1 aromatic carbocycles. The highest BCUT2D eigenvalue weighted by atomic mass is 16.6. The first kappa shape index (κ1) is 9.45. The lowest BCUT2D eigenvalue weighted by Gasteiger charge is -1.88. The molecule has 0 aliphatic heterocycles. The van der Waals surface area contributed by atoms with Crippen LogP contribution in [0.1, 0.15) is 11.3 Å². The van der Waals surface area contributed by atoms with E-state index in [-0.39, 0.29) is 0 Å². The van der Waals surface area contributed by atoms with Crippen molar-refractivity contribution >= 4 is 17.0 Å². The zero-order valence-corrected chi connectivity index (χ0v) is 8.23. The molecule has 0 spiro atoms. The van der Waals surface area contributed by atoms with Crippen molar-refractivity contribution in [2.75, 3.05) is 0 Å². The smallest absolute Gasteiger partial charge is 0.236 e. The van der Waals surface area contributed by atoms with Crippen LogP contribution in [-0.4, -0.2) is 9.91 Å². The Bertz CT molecular complexity index is 541. The molecule has 0 saturated heterocycles. The number of para-hydroxylation sites is 1. The highest BCUT2D eigenvalue weighted by Crippen LogP contribution is 2.21. The van der Waals surface area contributed by atoms with Gasteiger partial charge in [0, 0.05) is 22.7 Å². The van der Waals surface area contributed by atoms with Gasteiger partial charge in [0.15, 0.2) is 0 Å². The van der Waals surface area contributed by atoms with Gasteiger partial charge in [0.05, 0.1) is 4.92 Å². The molecule has 0 unspecified atom stereocenters. The zero-order valence-electron chi connectivity index (χ0n) is 8.23. The van der Waals surface area contributed by atoms with Gasteiger partial charge < -0.3 is 4.98 Å². The second kappa shape index (κ2) is 3.57. The Morgan fingerprint density at radius 1 is 1.40 bits per heavy atom. The predicted molar refractivity (Wildman–Crippen MR) is 59.1 cm³/mol. The van der Waals surface area contributed by atoms with E-state index in [0.29, 0.717) is 0 Å². The van der Waals surface area contributed by atoms with Crippen LogP contribution in [0.15, 0.2) is 30.5 Å². The normalized spacial score (nSPS) is 11.3. The third-order valence-corrected chi connectivity index (χ3v) is 2.37. The number of rotatable bonds is 2. The van der Waals surface area contributed by atoms with Gasteiger partial charge in [0.2, 0.25) is 6.20 Å². The summed E-state index contributed by atoms with van der Waals surface area (Å²) in [7, 11) is 0. The molecule has 2 aromatic rings. The quantitative estimate of drug-likeness (QED) is 0.601. The Kier molecular flexibility index (Phi) is 2.25. The predicted octanol–water partition coefficient (Wildman–Crippen LogP) is 2.72. The number of hydrogen-bond acceptors (Lipinski definition) is 2. The number of H-pyrrole nitrogens is 1. The van der Waals surface area contributed by atoms with Crippen LogP contribution in [0.5, 0.6) is 0 Å². The van der Waals surface area contributed by atoms with Crippen molar-refractivity contribution in [1.29, 1.82) is 0 Å². The Morgan fingerprint density at radius 3 is 2.80 bits per heavy atom. The summed E-state index contributed by atoms with van der Waals surface area (Å²) < 4.78 is 0. The van der Waals surface area contributed by atoms with E-state index in [1.165, 1.54) is 6.08 Å². The number of aromatic nitrogens is 1. The average molecular weight is 202 g/mol. The van der Waals surface area contributed by atoms with E-state index in [0.717, 1.165) is 28.4 Å².